The van der Waals surface area contributed by atoms with E-state index in [2.05, 4.69) is 194 Å². The largest absolute Gasteiger partial charge is 0.311 e. The fourth-order valence-electron chi connectivity index (χ4n) is 12.8. The van der Waals surface area contributed by atoms with Gasteiger partial charge in [0.2, 0.25) is 0 Å². The van der Waals surface area contributed by atoms with E-state index < -0.39 is 0 Å². The highest BCUT2D eigenvalue weighted by Crippen LogP contribution is 2.58. The van der Waals surface area contributed by atoms with Crippen LogP contribution in [0.25, 0.3) is 11.1 Å². The van der Waals surface area contributed by atoms with Crippen molar-refractivity contribution in [1.82, 2.24) is 0 Å². The van der Waals surface area contributed by atoms with E-state index in [1.807, 2.05) is 0 Å². The van der Waals surface area contributed by atoms with Crippen molar-refractivity contribution in [3.63, 3.8) is 0 Å². The van der Waals surface area contributed by atoms with Crippen LogP contribution in [0.1, 0.15) is 191 Å². The van der Waals surface area contributed by atoms with Gasteiger partial charge in [0.1, 0.15) is 0 Å². The van der Waals surface area contributed by atoms with Gasteiger partial charge in [-0.3, -0.25) is 0 Å². The van der Waals surface area contributed by atoms with Gasteiger partial charge in [-0.15, -0.1) is 0 Å². The molecule has 0 radical (unpaired) electrons. The van der Waals surface area contributed by atoms with Gasteiger partial charge in [-0.2, -0.15) is 11.3 Å². The molecule has 3 aliphatic carbocycles. The summed E-state index contributed by atoms with van der Waals surface area (Å²) in [5.74, 6) is 1.30. The minimum absolute atomic E-state index is 0.00583. The van der Waals surface area contributed by atoms with E-state index >= 15 is 0 Å². The van der Waals surface area contributed by atoms with Crippen molar-refractivity contribution >= 4 is 67.9 Å². The molecule has 2 fully saturated rings. The molecule has 340 valence electrons. The van der Waals surface area contributed by atoms with Gasteiger partial charge in [0.25, 0.3) is 6.71 Å². The standard InChI is InChI=1S/C62H73BN2S/c1-59(2,3)45-29-33-50(48(37-45)43-24-18-13-19-25-43)65-53-39-46(60(4,5)6)38-52-55(53)63(58-56(65)54-57(66-58)62(9,10)35-34-61(54,7)8)49-36-44(41-22-16-12-17-23-41)28-32-51(49)64(52)47-30-26-42(27-31-47)40-20-14-11-15-21-40/h13,18-19,24-33,36-41H,11-12,14-17,20-23,34-35H2,1-10H3. The Kier molecular flexibility index (Phi) is 10.7. The van der Waals surface area contributed by atoms with Gasteiger partial charge in [0.05, 0.1) is 11.4 Å². The molecule has 0 saturated heterocycles. The molecule has 6 aromatic rings. The van der Waals surface area contributed by atoms with E-state index in [0.29, 0.717) is 11.8 Å². The quantitative estimate of drug-likeness (QED) is 0.159. The minimum atomic E-state index is -0.0811. The number of anilines is 6. The smallest absolute Gasteiger partial charge is 0.264 e. The Morgan fingerprint density at radius 3 is 1.76 bits per heavy atom. The van der Waals surface area contributed by atoms with E-state index in [4.69, 9.17) is 0 Å². The second-order valence-electron chi connectivity index (χ2n) is 24.5. The predicted molar refractivity (Wildman–Crippen MR) is 288 cm³/mol. The van der Waals surface area contributed by atoms with Crippen LogP contribution in [0, 0.1) is 0 Å². The number of nitrogens with zero attached hydrogens (tertiary/aromatic N) is 2. The molecular formula is C62H73BN2S. The average molecular weight is 889 g/mol. The number of rotatable bonds is 5. The normalized spacial score (nSPS) is 19.3. The maximum absolute atomic E-state index is 2.81. The molecule has 4 heteroatoms. The van der Waals surface area contributed by atoms with E-state index in [-0.39, 0.29) is 28.4 Å². The zero-order valence-electron chi connectivity index (χ0n) is 41.8. The summed E-state index contributed by atoms with van der Waals surface area (Å²) in [4.78, 5) is 7.10. The highest BCUT2D eigenvalue weighted by molar-refractivity contribution is 7.29. The van der Waals surface area contributed by atoms with Gasteiger partial charge in [0.15, 0.2) is 0 Å². The summed E-state index contributed by atoms with van der Waals surface area (Å²) >= 11 is 2.16. The average Bonchev–Trinajstić information content (AvgIpc) is 3.74. The van der Waals surface area contributed by atoms with Crippen LogP contribution < -0.4 is 25.5 Å². The SMILES string of the molecule is CC(C)(C)c1ccc(N2c3cc(C(C)(C)C)cc4c3B(c3cc(C5CCCCC5)ccc3N4c3ccc(C4CCCCC4)cc3)c3sc4c(c32)C(C)(C)CCC4(C)C)c(-c2ccccc2)c1. The van der Waals surface area contributed by atoms with Crippen molar-refractivity contribution in [1.29, 1.82) is 0 Å². The van der Waals surface area contributed by atoms with Crippen molar-refractivity contribution in [2.45, 2.75) is 180 Å². The Balaban J connectivity index is 1.25. The first-order chi connectivity index (χ1) is 31.5. The van der Waals surface area contributed by atoms with Gasteiger partial charge in [-0.25, -0.2) is 0 Å². The van der Waals surface area contributed by atoms with Crippen molar-refractivity contribution in [3.8, 4) is 11.1 Å². The summed E-state index contributed by atoms with van der Waals surface area (Å²) in [6, 6.07) is 41.7. The molecule has 66 heavy (non-hydrogen) atoms. The van der Waals surface area contributed by atoms with E-state index in [9.17, 15) is 0 Å². The van der Waals surface area contributed by atoms with Gasteiger partial charge in [-0.05, 0) is 159 Å². The molecule has 11 rings (SSSR count). The van der Waals surface area contributed by atoms with Gasteiger partial charge >= 0.3 is 0 Å². The Labute approximate surface area is 402 Å². The van der Waals surface area contributed by atoms with Crippen LogP contribution in [0.3, 0.4) is 0 Å². The highest BCUT2D eigenvalue weighted by atomic mass is 32.1. The molecule has 5 aliphatic rings. The van der Waals surface area contributed by atoms with Crippen molar-refractivity contribution in [2.24, 2.45) is 0 Å². The maximum atomic E-state index is 2.81. The zero-order chi connectivity index (χ0) is 45.9. The summed E-state index contributed by atoms with van der Waals surface area (Å²) < 4.78 is 1.54. The van der Waals surface area contributed by atoms with Crippen LogP contribution in [0.15, 0.2) is 103 Å². The Hall–Kier alpha value is -4.54. The molecule has 0 amide bonds. The topological polar surface area (TPSA) is 6.48 Å². The summed E-state index contributed by atoms with van der Waals surface area (Å²) in [5.41, 5.74) is 21.0. The number of thiophene rings is 1. The molecule has 5 aromatic carbocycles. The predicted octanol–water partition coefficient (Wildman–Crippen LogP) is 16.5. The Morgan fingerprint density at radius 2 is 1.12 bits per heavy atom. The molecule has 0 spiro atoms. The van der Waals surface area contributed by atoms with Crippen molar-refractivity contribution in [2.75, 3.05) is 9.80 Å². The minimum Gasteiger partial charge on any atom is -0.311 e. The van der Waals surface area contributed by atoms with Crippen LogP contribution in [0.4, 0.5) is 34.1 Å². The van der Waals surface area contributed by atoms with Gasteiger partial charge in [-0.1, -0.05) is 168 Å². The van der Waals surface area contributed by atoms with Gasteiger partial charge < -0.3 is 9.80 Å². The van der Waals surface area contributed by atoms with Crippen LogP contribution >= 0.6 is 11.3 Å². The summed E-state index contributed by atoms with van der Waals surface area (Å²) in [5, 5.41) is 0. The fraction of sp³-hybridized carbons (Fsp3) is 0.452. The Morgan fingerprint density at radius 1 is 0.545 bits per heavy atom. The first-order valence-electron chi connectivity index (χ1n) is 25.9. The number of fused-ring (bicyclic) bond motifs is 6. The van der Waals surface area contributed by atoms with Crippen molar-refractivity contribution < 1.29 is 0 Å². The van der Waals surface area contributed by atoms with Gasteiger partial charge in [0, 0.05) is 38.0 Å². The lowest BCUT2D eigenvalue weighted by Gasteiger charge is -2.46. The molecule has 0 unspecified atom stereocenters. The fourth-order valence-corrected chi connectivity index (χ4v) is 14.6. The maximum Gasteiger partial charge on any atom is 0.264 e. The van der Waals surface area contributed by atoms with Crippen LogP contribution in [0.2, 0.25) is 0 Å². The first kappa shape index (κ1) is 44.0. The summed E-state index contributed by atoms with van der Waals surface area (Å²) in [6.45, 7) is 24.6. The van der Waals surface area contributed by atoms with Crippen LogP contribution in [0.5, 0.6) is 0 Å². The number of hydrogen-bond acceptors (Lipinski definition) is 3. The molecule has 0 bridgehead atoms. The monoisotopic (exact) mass is 889 g/mol. The van der Waals surface area contributed by atoms with Crippen molar-refractivity contribution in [3.05, 3.63) is 136 Å². The lowest BCUT2D eigenvalue weighted by atomic mass is 9.35. The second-order valence-corrected chi connectivity index (χ2v) is 25.5. The van der Waals surface area contributed by atoms with E-state index in [1.54, 1.807) is 16.0 Å². The lowest BCUT2D eigenvalue weighted by molar-refractivity contribution is 0.339. The molecule has 2 saturated carbocycles. The molecule has 0 atom stereocenters. The first-order valence-corrected chi connectivity index (χ1v) is 26.7. The Bertz CT molecular complexity index is 2800. The molecule has 2 nitrogen and oxygen atoms in total. The molecule has 2 aliphatic heterocycles. The molecule has 1 aromatic heterocycles. The van der Waals surface area contributed by atoms with Crippen LogP contribution in [-0.4, -0.2) is 6.71 Å². The number of benzene rings is 5. The second kappa shape index (κ2) is 16.0. The van der Waals surface area contributed by atoms with Crippen LogP contribution in [-0.2, 0) is 21.7 Å². The summed E-state index contributed by atoms with van der Waals surface area (Å²) in [6.07, 6.45) is 15.7. The molecular weight excluding hydrogens is 816 g/mol. The van der Waals surface area contributed by atoms with E-state index in [1.165, 1.54) is 155 Å². The number of hydrogen-bond donors (Lipinski definition) is 0. The molecule has 0 N–H and O–H groups in total. The third-order valence-electron chi connectivity index (χ3n) is 16.9. The zero-order valence-corrected chi connectivity index (χ0v) is 42.7. The van der Waals surface area contributed by atoms with E-state index in [0.717, 1.165) is 0 Å². The summed E-state index contributed by atoms with van der Waals surface area (Å²) in [7, 11) is 0. The molecule has 3 heterocycles. The third kappa shape index (κ3) is 7.34. The third-order valence-corrected chi connectivity index (χ3v) is 18.5. The lowest BCUT2D eigenvalue weighted by Crippen LogP contribution is -2.61. The highest BCUT2D eigenvalue weighted by Gasteiger charge is 2.51.